The molecule has 0 fully saturated rings. The van der Waals surface area contributed by atoms with Gasteiger partial charge in [0.2, 0.25) is 0 Å². The minimum atomic E-state index is 0.184. The Kier molecular flexibility index (Phi) is 4.96. The highest BCUT2D eigenvalue weighted by Gasteiger charge is 2.13. The normalized spacial score (nSPS) is 11.9. The molecule has 0 aliphatic rings. The van der Waals surface area contributed by atoms with E-state index in [1.807, 2.05) is 37.5 Å². The molecule has 1 N–H and O–H groups in total. The number of nitrogens with zero attached hydrogens (tertiary/aromatic N) is 1. The summed E-state index contributed by atoms with van der Waals surface area (Å²) < 4.78 is 10.6. The number of ether oxygens (including phenoxy) is 2. The number of benzene rings is 1. The highest BCUT2D eigenvalue weighted by Crippen LogP contribution is 2.27. The van der Waals surface area contributed by atoms with Crippen LogP contribution in [0.25, 0.3) is 0 Å². The molecular formula is C16H20N2O2. The van der Waals surface area contributed by atoms with E-state index in [9.17, 15) is 0 Å². The van der Waals surface area contributed by atoms with Gasteiger partial charge in [-0.2, -0.15) is 0 Å². The summed E-state index contributed by atoms with van der Waals surface area (Å²) in [5.41, 5.74) is 2.32. The predicted molar refractivity (Wildman–Crippen MR) is 79.3 cm³/mol. The summed E-state index contributed by atoms with van der Waals surface area (Å²) >= 11 is 0. The number of likely N-dealkylation sites (N-methyl/N-ethyl adjacent to an activating group) is 1. The van der Waals surface area contributed by atoms with Gasteiger partial charge in [-0.05, 0) is 42.8 Å². The summed E-state index contributed by atoms with van der Waals surface area (Å²) in [6.07, 6.45) is 4.54. The topological polar surface area (TPSA) is 43.4 Å². The Hall–Kier alpha value is -2.07. The van der Waals surface area contributed by atoms with Crippen molar-refractivity contribution in [2.45, 2.75) is 12.5 Å². The zero-order valence-electron chi connectivity index (χ0n) is 12.1. The molecule has 2 aromatic rings. The standard InChI is InChI=1S/C16H20N2O2/c1-17-16(7-12-5-4-6-18-11-12)13-8-14(19-2)10-15(9-13)20-3/h4-6,8-11,16-17H,7H2,1-3H3. The molecule has 1 unspecified atom stereocenters. The number of pyridine rings is 1. The molecular weight excluding hydrogens is 252 g/mol. The van der Waals surface area contributed by atoms with Gasteiger partial charge < -0.3 is 14.8 Å². The number of hydrogen-bond donors (Lipinski definition) is 1. The lowest BCUT2D eigenvalue weighted by molar-refractivity contribution is 0.392. The molecule has 1 heterocycles. The van der Waals surface area contributed by atoms with Gasteiger partial charge in [0, 0.05) is 24.5 Å². The van der Waals surface area contributed by atoms with Crippen LogP contribution >= 0.6 is 0 Å². The number of nitrogens with one attached hydrogen (secondary N) is 1. The minimum absolute atomic E-state index is 0.184. The summed E-state index contributed by atoms with van der Waals surface area (Å²) in [6, 6.07) is 10.1. The van der Waals surface area contributed by atoms with Gasteiger partial charge >= 0.3 is 0 Å². The number of rotatable bonds is 6. The Bertz CT molecular complexity index is 521. The maximum Gasteiger partial charge on any atom is 0.122 e. The Morgan fingerprint density at radius 2 is 1.85 bits per heavy atom. The van der Waals surface area contributed by atoms with Gasteiger partial charge in [-0.15, -0.1) is 0 Å². The van der Waals surface area contributed by atoms with Gasteiger partial charge in [0.15, 0.2) is 0 Å². The van der Waals surface area contributed by atoms with Crippen molar-refractivity contribution in [1.29, 1.82) is 0 Å². The smallest absolute Gasteiger partial charge is 0.122 e. The van der Waals surface area contributed by atoms with Crippen LogP contribution in [0.15, 0.2) is 42.7 Å². The Morgan fingerprint density at radius 1 is 1.15 bits per heavy atom. The average molecular weight is 272 g/mol. The van der Waals surface area contributed by atoms with Crippen LogP contribution in [0, 0.1) is 0 Å². The van der Waals surface area contributed by atoms with E-state index in [0.29, 0.717) is 0 Å². The fourth-order valence-electron chi connectivity index (χ4n) is 2.17. The van der Waals surface area contributed by atoms with Gasteiger partial charge in [-0.1, -0.05) is 6.07 Å². The molecule has 20 heavy (non-hydrogen) atoms. The van der Waals surface area contributed by atoms with E-state index in [1.54, 1.807) is 20.4 Å². The third-order valence-corrected chi connectivity index (χ3v) is 3.29. The lowest BCUT2D eigenvalue weighted by Crippen LogP contribution is -2.19. The summed E-state index contributed by atoms with van der Waals surface area (Å²) in [6.45, 7) is 0. The SMILES string of the molecule is CNC(Cc1cccnc1)c1cc(OC)cc(OC)c1. The van der Waals surface area contributed by atoms with Crippen LogP contribution in [0.2, 0.25) is 0 Å². The van der Waals surface area contributed by atoms with E-state index in [0.717, 1.165) is 23.5 Å². The van der Waals surface area contributed by atoms with Gasteiger partial charge in [0.05, 0.1) is 14.2 Å². The van der Waals surface area contributed by atoms with Gasteiger partial charge in [0.25, 0.3) is 0 Å². The zero-order valence-corrected chi connectivity index (χ0v) is 12.1. The third kappa shape index (κ3) is 3.48. The van der Waals surface area contributed by atoms with Gasteiger partial charge in [-0.3, -0.25) is 4.98 Å². The van der Waals surface area contributed by atoms with Crippen molar-refractivity contribution >= 4 is 0 Å². The second-order valence-electron chi connectivity index (χ2n) is 4.55. The van der Waals surface area contributed by atoms with Crippen molar-refractivity contribution in [1.82, 2.24) is 10.3 Å². The molecule has 0 saturated heterocycles. The molecule has 106 valence electrons. The molecule has 4 nitrogen and oxygen atoms in total. The third-order valence-electron chi connectivity index (χ3n) is 3.29. The first-order valence-corrected chi connectivity index (χ1v) is 6.56. The number of aromatic nitrogens is 1. The molecule has 1 atom stereocenters. The summed E-state index contributed by atoms with van der Waals surface area (Å²) in [5, 5.41) is 3.33. The number of methoxy groups -OCH3 is 2. The van der Waals surface area contributed by atoms with Crippen LogP contribution in [0.3, 0.4) is 0 Å². The van der Waals surface area contributed by atoms with E-state index in [2.05, 4.69) is 16.4 Å². The number of hydrogen-bond acceptors (Lipinski definition) is 4. The molecule has 1 aromatic heterocycles. The quantitative estimate of drug-likeness (QED) is 0.878. The first-order chi connectivity index (χ1) is 9.76. The van der Waals surface area contributed by atoms with E-state index in [1.165, 1.54) is 5.56 Å². The zero-order chi connectivity index (χ0) is 14.4. The summed E-state index contributed by atoms with van der Waals surface area (Å²) in [7, 11) is 5.27. The highest BCUT2D eigenvalue weighted by atomic mass is 16.5. The van der Waals surface area contributed by atoms with Crippen molar-refractivity contribution in [3.8, 4) is 11.5 Å². The Morgan fingerprint density at radius 3 is 2.35 bits per heavy atom. The molecule has 0 spiro atoms. The fourth-order valence-corrected chi connectivity index (χ4v) is 2.17. The Labute approximate surface area is 119 Å². The molecule has 0 bridgehead atoms. The van der Waals surface area contributed by atoms with Crippen molar-refractivity contribution in [2.24, 2.45) is 0 Å². The fraction of sp³-hybridized carbons (Fsp3) is 0.312. The van der Waals surface area contributed by atoms with Gasteiger partial charge in [0.1, 0.15) is 11.5 Å². The molecule has 1 aromatic carbocycles. The van der Waals surface area contributed by atoms with Crippen molar-refractivity contribution < 1.29 is 9.47 Å². The monoisotopic (exact) mass is 272 g/mol. The first-order valence-electron chi connectivity index (χ1n) is 6.56. The van der Waals surface area contributed by atoms with Crippen LogP contribution in [0.4, 0.5) is 0 Å². The molecule has 0 aliphatic heterocycles. The highest BCUT2D eigenvalue weighted by molar-refractivity contribution is 5.40. The second kappa shape index (κ2) is 6.91. The summed E-state index contributed by atoms with van der Waals surface area (Å²) in [5.74, 6) is 1.59. The molecule has 0 aliphatic carbocycles. The van der Waals surface area contributed by atoms with E-state index < -0.39 is 0 Å². The molecule has 0 amide bonds. The average Bonchev–Trinajstić information content (AvgIpc) is 2.53. The van der Waals surface area contributed by atoms with E-state index in [-0.39, 0.29) is 6.04 Å². The maximum absolute atomic E-state index is 5.32. The van der Waals surface area contributed by atoms with Crippen molar-refractivity contribution in [3.63, 3.8) is 0 Å². The largest absolute Gasteiger partial charge is 0.497 e. The lowest BCUT2D eigenvalue weighted by atomic mass is 9.99. The molecule has 0 radical (unpaired) electrons. The second-order valence-corrected chi connectivity index (χ2v) is 4.55. The predicted octanol–water partition coefficient (Wildman–Crippen LogP) is 2.60. The van der Waals surface area contributed by atoms with Gasteiger partial charge in [-0.25, -0.2) is 0 Å². The van der Waals surface area contributed by atoms with Crippen LogP contribution in [0.5, 0.6) is 11.5 Å². The molecule has 4 heteroatoms. The van der Waals surface area contributed by atoms with Crippen molar-refractivity contribution in [2.75, 3.05) is 21.3 Å². The first kappa shape index (κ1) is 14.3. The van der Waals surface area contributed by atoms with Crippen LogP contribution in [-0.2, 0) is 6.42 Å². The van der Waals surface area contributed by atoms with E-state index >= 15 is 0 Å². The summed E-state index contributed by atoms with van der Waals surface area (Å²) in [4.78, 5) is 4.16. The minimum Gasteiger partial charge on any atom is -0.497 e. The van der Waals surface area contributed by atoms with Crippen LogP contribution < -0.4 is 14.8 Å². The van der Waals surface area contributed by atoms with Crippen molar-refractivity contribution in [3.05, 3.63) is 53.9 Å². The maximum atomic E-state index is 5.32. The van der Waals surface area contributed by atoms with Crippen LogP contribution in [-0.4, -0.2) is 26.3 Å². The molecule has 0 saturated carbocycles. The Balaban J connectivity index is 2.26. The molecule has 2 rings (SSSR count). The van der Waals surface area contributed by atoms with Crippen LogP contribution in [0.1, 0.15) is 17.2 Å². The van der Waals surface area contributed by atoms with E-state index in [4.69, 9.17) is 9.47 Å². The lowest BCUT2D eigenvalue weighted by Gasteiger charge is -2.18.